The molecule has 0 rings (SSSR count). The van der Waals surface area contributed by atoms with Crippen LogP contribution in [0.4, 0.5) is 0 Å². The predicted octanol–water partition coefficient (Wildman–Crippen LogP) is 6.08. The number of hydrogen-bond acceptors (Lipinski definition) is 0. The lowest BCUT2D eigenvalue weighted by Crippen LogP contribution is -1.92. The molecule has 0 bridgehead atoms. The van der Waals surface area contributed by atoms with Gasteiger partial charge in [-0.25, -0.2) is 0 Å². The molecule has 0 saturated heterocycles. The molecule has 0 heterocycles. The van der Waals surface area contributed by atoms with Crippen LogP contribution in [0.25, 0.3) is 0 Å². The van der Waals surface area contributed by atoms with Gasteiger partial charge in [0, 0.05) is 0 Å². The zero-order chi connectivity index (χ0) is 13.8. The first-order valence-corrected chi connectivity index (χ1v) is 6.59. The molecule has 0 aromatic rings. The fourth-order valence-electron chi connectivity index (χ4n) is 1.52. The number of allylic oxidation sites excluding steroid dienone is 6. The van der Waals surface area contributed by atoms with Crippen LogP contribution in [0.15, 0.2) is 48.1 Å². The molecule has 0 heteroatoms. The van der Waals surface area contributed by atoms with Gasteiger partial charge in [-0.1, -0.05) is 75.8 Å². The number of rotatable bonds is 6. The lowest BCUT2D eigenvalue weighted by atomic mass is 9.96. The minimum absolute atomic E-state index is 0.703. The molecule has 0 aliphatic carbocycles. The molecule has 98 valence electrons. The third-order valence-electron chi connectivity index (χ3n) is 2.37. The minimum Gasteiger partial charge on any atom is -0.0995 e. The zero-order valence-electron chi connectivity index (χ0n) is 12.6. The average molecular weight is 234 g/mol. The summed E-state index contributed by atoms with van der Waals surface area (Å²) in [7, 11) is 0. The molecule has 0 nitrogen and oxygen atoms in total. The average Bonchev–Trinajstić information content (AvgIpc) is 2.27. The summed E-state index contributed by atoms with van der Waals surface area (Å²) in [5.41, 5.74) is 4.05. The third kappa shape index (κ3) is 11.2. The van der Waals surface area contributed by atoms with E-state index in [9.17, 15) is 0 Å². The standard InChI is InChI=1S/C15H24.C2H6/c1-7-8-9-14(5)15(6)11-13(4)10-12(2)3;1-2/h7-9,12H,1,4,10-11H2,2-3,5-6H3;1-2H3/b9-8-,15-14+;. The van der Waals surface area contributed by atoms with E-state index in [-0.39, 0.29) is 0 Å². The molecule has 0 aromatic heterocycles. The second kappa shape index (κ2) is 11.4. The van der Waals surface area contributed by atoms with Crippen LogP contribution in [0.1, 0.15) is 54.4 Å². The first-order valence-electron chi connectivity index (χ1n) is 6.59. The van der Waals surface area contributed by atoms with Crippen molar-refractivity contribution in [1.82, 2.24) is 0 Å². The van der Waals surface area contributed by atoms with Crippen molar-refractivity contribution in [3.05, 3.63) is 48.1 Å². The summed E-state index contributed by atoms with van der Waals surface area (Å²) in [5.74, 6) is 0.703. The first-order chi connectivity index (χ1) is 7.97. The minimum atomic E-state index is 0.703. The smallest absolute Gasteiger partial charge is 0.0108 e. The molecule has 0 amide bonds. The molecule has 0 saturated carbocycles. The van der Waals surface area contributed by atoms with Crippen LogP contribution in [0, 0.1) is 5.92 Å². The van der Waals surface area contributed by atoms with Gasteiger partial charge in [0.05, 0.1) is 0 Å². The molecular weight excluding hydrogens is 204 g/mol. The van der Waals surface area contributed by atoms with Gasteiger partial charge in [-0.05, 0) is 32.6 Å². The van der Waals surface area contributed by atoms with E-state index >= 15 is 0 Å². The normalized spacial score (nSPS) is 11.9. The summed E-state index contributed by atoms with van der Waals surface area (Å²) in [6.07, 6.45) is 8.02. The highest BCUT2D eigenvalue weighted by Gasteiger charge is 2.01. The molecular formula is C17H30. The molecule has 0 N–H and O–H groups in total. The topological polar surface area (TPSA) is 0 Å². The Morgan fingerprint density at radius 3 is 2.12 bits per heavy atom. The maximum atomic E-state index is 4.12. The molecule has 0 spiro atoms. The van der Waals surface area contributed by atoms with Crippen molar-refractivity contribution >= 4 is 0 Å². The third-order valence-corrected chi connectivity index (χ3v) is 2.37. The summed E-state index contributed by atoms with van der Waals surface area (Å²) in [6, 6.07) is 0. The van der Waals surface area contributed by atoms with Gasteiger partial charge in [-0.3, -0.25) is 0 Å². The summed E-state index contributed by atoms with van der Waals surface area (Å²) in [4.78, 5) is 0. The van der Waals surface area contributed by atoms with Crippen molar-refractivity contribution in [3.63, 3.8) is 0 Å². The first kappa shape index (κ1) is 18.3. The van der Waals surface area contributed by atoms with Crippen LogP contribution >= 0.6 is 0 Å². The molecule has 17 heavy (non-hydrogen) atoms. The lowest BCUT2D eigenvalue weighted by Gasteiger charge is -2.10. The molecule has 0 unspecified atom stereocenters. The maximum Gasteiger partial charge on any atom is -0.0108 e. The Morgan fingerprint density at radius 1 is 1.18 bits per heavy atom. The van der Waals surface area contributed by atoms with Gasteiger partial charge >= 0.3 is 0 Å². The Morgan fingerprint density at radius 2 is 1.71 bits per heavy atom. The van der Waals surface area contributed by atoms with E-state index in [4.69, 9.17) is 0 Å². The van der Waals surface area contributed by atoms with Crippen LogP contribution in [0.5, 0.6) is 0 Å². The van der Waals surface area contributed by atoms with Crippen molar-refractivity contribution in [2.75, 3.05) is 0 Å². The van der Waals surface area contributed by atoms with E-state index in [0.29, 0.717) is 5.92 Å². The van der Waals surface area contributed by atoms with E-state index in [0.717, 1.165) is 12.8 Å². The highest BCUT2D eigenvalue weighted by molar-refractivity contribution is 5.27. The fraction of sp³-hybridized carbons (Fsp3) is 0.529. The summed E-state index contributed by atoms with van der Waals surface area (Å²) >= 11 is 0. The molecule has 0 atom stereocenters. The Balaban J connectivity index is 0. The van der Waals surface area contributed by atoms with Gasteiger partial charge in [0.25, 0.3) is 0 Å². The molecule has 0 radical (unpaired) electrons. The van der Waals surface area contributed by atoms with Crippen molar-refractivity contribution in [2.24, 2.45) is 5.92 Å². The van der Waals surface area contributed by atoms with Crippen molar-refractivity contribution in [2.45, 2.75) is 54.4 Å². The molecule has 0 aromatic carbocycles. The van der Waals surface area contributed by atoms with Gasteiger partial charge in [-0.15, -0.1) is 0 Å². The molecule has 0 aliphatic heterocycles. The van der Waals surface area contributed by atoms with Crippen LogP contribution in [-0.4, -0.2) is 0 Å². The SMILES string of the molecule is C=C/C=C\C(C)=C(/C)CC(=C)CC(C)C.CC. The second-order valence-electron chi connectivity index (χ2n) is 4.58. The summed E-state index contributed by atoms with van der Waals surface area (Å²) in [5, 5.41) is 0. The largest absolute Gasteiger partial charge is 0.0995 e. The van der Waals surface area contributed by atoms with Crippen molar-refractivity contribution in [3.8, 4) is 0 Å². The summed E-state index contributed by atoms with van der Waals surface area (Å²) < 4.78 is 0. The van der Waals surface area contributed by atoms with Gasteiger partial charge < -0.3 is 0 Å². The van der Waals surface area contributed by atoms with E-state index in [1.165, 1.54) is 16.7 Å². The van der Waals surface area contributed by atoms with Crippen LogP contribution < -0.4 is 0 Å². The second-order valence-corrected chi connectivity index (χ2v) is 4.58. The van der Waals surface area contributed by atoms with Crippen molar-refractivity contribution in [1.29, 1.82) is 0 Å². The highest BCUT2D eigenvalue weighted by atomic mass is 14.1. The lowest BCUT2D eigenvalue weighted by molar-refractivity contribution is 0.634. The Bertz CT molecular complexity index is 274. The Kier molecular flexibility index (Phi) is 12.3. The van der Waals surface area contributed by atoms with E-state index in [2.05, 4.69) is 46.9 Å². The van der Waals surface area contributed by atoms with E-state index in [1.807, 2.05) is 19.9 Å². The van der Waals surface area contributed by atoms with Gasteiger partial charge in [0.1, 0.15) is 0 Å². The monoisotopic (exact) mass is 234 g/mol. The van der Waals surface area contributed by atoms with Crippen LogP contribution in [0.3, 0.4) is 0 Å². The fourth-order valence-corrected chi connectivity index (χ4v) is 1.52. The van der Waals surface area contributed by atoms with Crippen LogP contribution in [0.2, 0.25) is 0 Å². The van der Waals surface area contributed by atoms with E-state index in [1.54, 1.807) is 6.08 Å². The van der Waals surface area contributed by atoms with Gasteiger partial charge in [-0.2, -0.15) is 0 Å². The number of hydrogen-bond donors (Lipinski definition) is 0. The quantitative estimate of drug-likeness (QED) is 0.386. The Labute approximate surface area is 109 Å². The summed E-state index contributed by atoms with van der Waals surface area (Å²) in [6.45, 7) is 20.6. The van der Waals surface area contributed by atoms with E-state index < -0.39 is 0 Å². The van der Waals surface area contributed by atoms with Gasteiger partial charge in [0.15, 0.2) is 0 Å². The maximum absolute atomic E-state index is 4.12. The van der Waals surface area contributed by atoms with Crippen LogP contribution in [-0.2, 0) is 0 Å². The predicted molar refractivity (Wildman–Crippen MR) is 82.3 cm³/mol. The molecule has 0 aliphatic rings. The highest BCUT2D eigenvalue weighted by Crippen LogP contribution is 2.19. The Hall–Kier alpha value is -1.04. The van der Waals surface area contributed by atoms with Gasteiger partial charge in [0.2, 0.25) is 0 Å². The molecule has 0 fully saturated rings. The zero-order valence-corrected chi connectivity index (χ0v) is 12.6. The van der Waals surface area contributed by atoms with Crippen molar-refractivity contribution < 1.29 is 0 Å².